The molecule has 0 aromatic rings. The van der Waals surface area contributed by atoms with Crippen LogP contribution in [0.4, 0.5) is 4.39 Å². The van der Waals surface area contributed by atoms with Gasteiger partial charge in [-0.1, -0.05) is 39.2 Å². The first kappa shape index (κ1) is 16.5. The molecule has 198 valence electrons. The average molecular weight is 515 g/mol. The molecule has 4 aliphatic carbocycles. The molecule has 0 aromatic heterocycles. The van der Waals surface area contributed by atoms with E-state index in [0.717, 1.165) is 0 Å². The van der Waals surface area contributed by atoms with Crippen molar-refractivity contribution in [2.45, 2.75) is 90.3 Å². The number of Topliss-reactive ketones (excluding diaryl/α,β-unsaturated/α-hetero) is 1. The third kappa shape index (κ3) is 3.39. The molecule has 0 saturated heterocycles. The Kier molecular flexibility index (Phi) is 4.07. The topological polar surface area (TPSA) is 107 Å². The number of ether oxygens (including phenoxy) is 2. The Balaban J connectivity index is 1.82. The normalized spacial score (nSPS) is 48.7. The zero-order valence-electron chi connectivity index (χ0n) is 30.4. The summed E-state index contributed by atoms with van der Waals surface area (Å²) < 4.78 is 104. The van der Waals surface area contributed by atoms with Crippen LogP contribution in [0.5, 0.6) is 0 Å². The summed E-state index contributed by atoms with van der Waals surface area (Å²) in [5, 5.41) is 11.6. The second-order valence-corrected chi connectivity index (χ2v) is 10.8. The fourth-order valence-electron chi connectivity index (χ4n) is 7.84. The van der Waals surface area contributed by atoms with Crippen LogP contribution in [0.2, 0.25) is 0 Å². The molecular formula is C28H37FO7. The predicted molar refractivity (Wildman–Crippen MR) is 128 cm³/mol. The first-order chi connectivity index (χ1) is 20.7. The van der Waals surface area contributed by atoms with Crippen LogP contribution in [0, 0.1) is 28.6 Å². The number of fused-ring (bicyclic) bond motifs is 5. The summed E-state index contributed by atoms with van der Waals surface area (Å²) in [4.78, 5) is 52.1. The lowest BCUT2D eigenvalue weighted by Gasteiger charge is -2.62. The molecule has 0 spiro atoms. The molecule has 0 radical (unpaired) electrons. The van der Waals surface area contributed by atoms with E-state index in [0.29, 0.717) is 5.57 Å². The van der Waals surface area contributed by atoms with E-state index in [1.54, 1.807) is 6.92 Å². The first-order valence-electron chi connectivity index (χ1n) is 16.9. The maximum Gasteiger partial charge on any atom is 0.306 e. The van der Waals surface area contributed by atoms with E-state index in [-0.39, 0.29) is 25.0 Å². The highest BCUT2D eigenvalue weighted by atomic mass is 19.1. The van der Waals surface area contributed by atoms with E-state index in [4.69, 9.17) is 23.2 Å². The maximum atomic E-state index is 17.6. The van der Waals surface area contributed by atoms with Crippen molar-refractivity contribution < 1.29 is 51.9 Å². The molecule has 4 aliphatic rings. The summed E-state index contributed by atoms with van der Waals surface area (Å²) in [6, 6.07) is 0. The number of rotatable bonds is 6. The van der Waals surface area contributed by atoms with Gasteiger partial charge in [0.1, 0.15) is 0 Å². The zero-order chi connectivity index (χ0) is 35.3. The highest BCUT2D eigenvalue weighted by Gasteiger charge is 2.77. The Labute approximate surface area is 225 Å². The van der Waals surface area contributed by atoms with Crippen molar-refractivity contribution in [3.63, 3.8) is 0 Å². The van der Waals surface area contributed by atoms with Gasteiger partial charge in [0.05, 0.1) is 6.10 Å². The largest absolute Gasteiger partial charge is 0.457 e. The second-order valence-electron chi connectivity index (χ2n) is 10.8. The Morgan fingerprint density at radius 3 is 2.61 bits per heavy atom. The van der Waals surface area contributed by atoms with E-state index in [1.807, 2.05) is 0 Å². The number of halogens is 1. The highest BCUT2D eigenvalue weighted by molar-refractivity contribution is 6.01. The molecule has 8 heteroatoms. The van der Waals surface area contributed by atoms with Crippen LogP contribution in [-0.4, -0.2) is 52.6 Å². The van der Waals surface area contributed by atoms with E-state index >= 15 is 4.39 Å². The van der Waals surface area contributed by atoms with E-state index in [1.165, 1.54) is 32.1 Å². The summed E-state index contributed by atoms with van der Waals surface area (Å²) in [6.07, 6.45) is -5.36. The molecule has 36 heavy (non-hydrogen) atoms. The number of carbonyl (C=O) groups excluding carboxylic acids is 4. The zero-order valence-corrected chi connectivity index (χ0v) is 20.4. The Morgan fingerprint density at radius 1 is 1.22 bits per heavy atom. The van der Waals surface area contributed by atoms with Gasteiger partial charge in [-0.05, 0) is 50.7 Å². The minimum Gasteiger partial charge on any atom is -0.457 e. The summed E-state index contributed by atoms with van der Waals surface area (Å²) in [5.74, 6) is -8.46. The fourth-order valence-corrected chi connectivity index (χ4v) is 7.84. The number of alkyl halides is 1. The number of ketones is 2. The number of esters is 2. The monoisotopic (exact) mass is 514 g/mol. The second kappa shape index (κ2) is 8.89. The minimum absolute atomic E-state index is 0.0445. The Hall–Kier alpha value is -2.35. The highest BCUT2D eigenvalue weighted by Crippen LogP contribution is 2.71. The third-order valence-corrected chi connectivity index (χ3v) is 9.39. The minimum atomic E-state index is -3.64. The third-order valence-electron chi connectivity index (χ3n) is 9.39. The molecule has 1 N–H and O–H groups in total. The van der Waals surface area contributed by atoms with Gasteiger partial charge in [0, 0.05) is 49.1 Å². The number of aliphatic hydroxyl groups is 1. The van der Waals surface area contributed by atoms with Gasteiger partial charge in [-0.3, -0.25) is 19.2 Å². The molecule has 4 rings (SSSR count). The molecule has 0 amide bonds. The van der Waals surface area contributed by atoms with Crippen LogP contribution in [-0.2, 0) is 28.7 Å². The quantitative estimate of drug-likeness (QED) is 0.537. The molecule has 0 aromatic carbocycles. The maximum absolute atomic E-state index is 17.6. The Morgan fingerprint density at radius 2 is 1.92 bits per heavy atom. The lowest BCUT2D eigenvalue weighted by Crippen LogP contribution is -2.70. The van der Waals surface area contributed by atoms with Gasteiger partial charge in [-0.2, -0.15) is 0 Å². The molecule has 7 nitrogen and oxygen atoms in total. The molecule has 8 atom stereocenters. The molecule has 0 heterocycles. The average Bonchev–Trinajstić information content (AvgIpc) is 3.13. The fraction of sp³-hybridized carbons (Fsp3) is 0.714. The summed E-state index contributed by atoms with van der Waals surface area (Å²) in [7, 11) is 0. The van der Waals surface area contributed by atoms with Crippen molar-refractivity contribution in [3.8, 4) is 0 Å². The van der Waals surface area contributed by atoms with Crippen LogP contribution in [0.3, 0.4) is 0 Å². The lowest BCUT2D eigenvalue weighted by atomic mass is 9.44. The van der Waals surface area contributed by atoms with Gasteiger partial charge in [0.25, 0.3) is 0 Å². The molecule has 3 fully saturated rings. The van der Waals surface area contributed by atoms with Crippen molar-refractivity contribution in [2.75, 3.05) is 6.61 Å². The van der Waals surface area contributed by atoms with E-state index < -0.39 is 103 Å². The van der Waals surface area contributed by atoms with Gasteiger partial charge in [-0.25, -0.2) is 4.39 Å². The Bertz CT molecular complexity index is 1410. The van der Waals surface area contributed by atoms with Crippen molar-refractivity contribution in [1.29, 1.82) is 0 Å². The predicted octanol–water partition coefficient (Wildman–Crippen LogP) is 3.82. The number of carbonyl (C=O) groups is 4. The number of allylic oxidation sites excluding steroid dienone is 4. The van der Waals surface area contributed by atoms with E-state index in [9.17, 15) is 24.3 Å². The molecule has 1 unspecified atom stereocenters. The molecule has 0 aliphatic heterocycles. The summed E-state index contributed by atoms with van der Waals surface area (Å²) in [6.45, 7) is -4.00. The standard InChI is InChI=1S/C28H37FO7/c1-6-23(33)35-15-22(32)28(36-24(34)7-2)16(3)12-20-19-9-8-17-13-18(30)10-11-25(17,4)27(19,29)21(31)14-26(20,28)5/h10-11,13,16,19-21,31H,6-9,12,14-15H2,1-5H3/t16-,19-,20-,21-,25-,26-,27-,28?/m0/s1/i1D3,2D3,6D2,7D2. The molecule has 3 saturated carbocycles. The summed E-state index contributed by atoms with van der Waals surface area (Å²) in [5.41, 5.74) is -7.57. The number of hydrogen-bond donors (Lipinski definition) is 1. The van der Waals surface area contributed by atoms with Crippen LogP contribution >= 0.6 is 0 Å². The summed E-state index contributed by atoms with van der Waals surface area (Å²) >= 11 is 0. The van der Waals surface area contributed by atoms with Gasteiger partial charge < -0.3 is 14.6 Å². The van der Waals surface area contributed by atoms with Gasteiger partial charge in [0.2, 0.25) is 5.78 Å². The van der Waals surface area contributed by atoms with Crippen LogP contribution in [0.25, 0.3) is 0 Å². The van der Waals surface area contributed by atoms with Gasteiger partial charge in [0.15, 0.2) is 23.7 Å². The molecule has 0 bridgehead atoms. The SMILES string of the molecule is [2H]C([2H])([2H])C([2H])([2H])C(=O)OCC(=O)C1(OC(=O)C([2H])([2H])C([2H])([2H])[2H])[C@@H](C)C[C@H]2[C@@H]3CCC4=CC(=O)C=C[C@]4(C)[C@@]3(F)[C@@H](O)C[C@@]21C. The molecular weight excluding hydrogens is 467 g/mol. The van der Waals surface area contributed by atoms with Crippen molar-refractivity contribution in [2.24, 2.45) is 28.6 Å². The van der Waals surface area contributed by atoms with Crippen LogP contribution in [0.1, 0.15) is 86.6 Å². The van der Waals surface area contributed by atoms with E-state index in [2.05, 4.69) is 0 Å². The lowest BCUT2D eigenvalue weighted by molar-refractivity contribution is -0.228. The van der Waals surface area contributed by atoms with Gasteiger partial charge >= 0.3 is 11.9 Å². The van der Waals surface area contributed by atoms with Crippen LogP contribution in [0.15, 0.2) is 23.8 Å². The smallest absolute Gasteiger partial charge is 0.306 e. The van der Waals surface area contributed by atoms with Crippen molar-refractivity contribution in [1.82, 2.24) is 0 Å². The van der Waals surface area contributed by atoms with Crippen LogP contribution < -0.4 is 0 Å². The van der Waals surface area contributed by atoms with Gasteiger partial charge in [-0.15, -0.1) is 0 Å². The number of hydrogen-bond acceptors (Lipinski definition) is 7. The van der Waals surface area contributed by atoms with Crippen molar-refractivity contribution in [3.05, 3.63) is 23.8 Å². The number of aliphatic hydroxyl groups excluding tert-OH is 1. The van der Waals surface area contributed by atoms with Crippen molar-refractivity contribution >= 4 is 23.5 Å². The first-order valence-corrected chi connectivity index (χ1v) is 11.9.